The van der Waals surface area contributed by atoms with Crippen molar-refractivity contribution in [3.8, 4) is 6.07 Å². The Morgan fingerprint density at radius 1 is 1.54 bits per heavy atom. The van der Waals surface area contributed by atoms with Crippen LogP contribution in [0.5, 0.6) is 0 Å². The van der Waals surface area contributed by atoms with E-state index in [0.717, 1.165) is 12.8 Å². The molecule has 6 heteroatoms. The van der Waals surface area contributed by atoms with Crippen LogP contribution in [0.3, 0.4) is 0 Å². The lowest BCUT2D eigenvalue weighted by Crippen LogP contribution is -2.33. The van der Waals surface area contributed by atoms with E-state index in [9.17, 15) is 8.42 Å². The van der Waals surface area contributed by atoms with Crippen LogP contribution < -0.4 is 4.72 Å². The van der Waals surface area contributed by atoms with Crippen molar-refractivity contribution in [2.24, 2.45) is 5.41 Å². The maximum absolute atomic E-state index is 11.0. The second kappa shape index (κ2) is 3.62. The molecule has 1 aliphatic rings. The summed E-state index contributed by atoms with van der Waals surface area (Å²) < 4.78 is 24.3. The van der Waals surface area contributed by atoms with Crippen molar-refractivity contribution < 1.29 is 13.5 Å². The van der Waals surface area contributed by atoms with Crippen LogP contribution in [-0.2, 0) is 10.0 Å². The minimum Gasteiger partial charge on any atom is -0.396 e. The highest BCUT2D eigenvalue weighted by Gasteiger charge is 2.42. The lowest BCUT2D eigenvalue weighted by atomic mass is 10.1. The summed E-state index contributed by atoms with van der Waals surface area (Å²) in [5.41, 5.74) is -0.247. The average molecular weight is 204 g/mol. The Bertz CT molecular complexity index is 313. The Morgan fingerprint density at radius 2 is 2.15 bits per heavy atom. The Hall–Kier alpha value is -0.640. The monoisotopic (exact) mass is 204 g/mol. The summed E-state index contributed by atoms with van der Waals surface area (Å²) in [6, 6.07) is 1.57. The van der Waals surface area contributed by atoms with Crippen LogP contribution in [0.15, 0.2) is 0 Å². The third kappa shape index (κ3) is 2.95. The molecule has 0 unspecified atom stereocenters. The zero-order valence-corrected chi connectivity index (χ0v) is 7.97. The van der Waals surface area contributed by atoms with Crippen LogP contribution in [0.25, 0.3) is 0 Å². The molecule has 2 N–H and O–H groups in total. The fourth-order valence-electron chi connectivity index (χ4n) is 0.967. The van der Waals surface area contributed by atoms with Gasteiger partial charge >= 0.3 is 0 Å². The average Bonchev–Trinajstić information content (AvgIpc) is 2.82. The van der Waals surface area contributed by atoms with Crippen molar-refractivity contribution in [1.82, 2.24) is 4.72 Å². The van der Waals surface area contributed by atoms with Crippen molar-refractivity contribution in [3.05, 3.63) is 0 Å². The van der Waals surface area contributed by atoms with Crippen LogP contribution in [-0.4, -0.2) is 32.4 Å². The highest BCUT2D eigenvalue weighted by Crippen LogP contribution is 2.44. The number of nitrogens with zero attached hydrogens (tertiary/aromatic N) is 1. The first kappa shape index (κ1) is 10.4. The summed E-state index contributed by atoms with van der Waals surface area (Å²) in [5.74, 6) is -0.519. The Kier molecular flexibility index (Phi) is 2.91. The molecular weight excluding hydrogens is 192 g/mol. The molecule has 0 spiro atoms. The van der Waals surface area contributed by atoms with Gasteiger partial charge in [0.15, 0.2) is 5.75 Å². The molecule has 0 radical (unpaired) electrons. The summed E-state index contributed by atoms with van der Waals surface area (Å²) in [5, 5.41) is 17.1. The number of hydrogen-bond donors (Lipinski definition) is 2. The van der Waals surface area contributed by atoms with Gasteiger partial charge in [-0.25, -0.2) is 13.1 Å². The van der Waals surface area contributed by atoms with Gasteiger partial charge in [-0.2, -0.15) is 5.26 Å². The van der Waals surface area contributed by atoms with Crippen LogP contribution in [0.2, 0.25) is 0 Å². The molecule has 0 aromatic heterocycles. The second-order valence-corrected chi connectivity index (χ2v) is 5.20. The Balaban J connectivity index is 2.39. The van der Waals surface area contributed by atoms with Gasteiger partial charge in [-0.15, -0.1) is 0 Å². The van der Waals surface area contributed by atoms with Crippen LogP contribution in [0.1, 0.15) is 12.8 Å². The molecule has 0 saturated heterocycles. The molecular formula is C7H12N2O3S. The predicted molar refractivity (Wildman–Crippen MR) is 46.2 cm³/mol. The molecule has 0 aromatic rings. The van der Waals surface area contributed by atoms with Gasteiger partial charge in [-0.3, -0.25) is 0 Å². The van der Waals surface area contributed by atoms with E-state index in [1.807, 2.05) is 0 Å². The predicted octanol–water partition coefficient (Wildman–Crippen LogP) is -0.798. The van der Waals surface area contributed by atoms with Crippen LogP contribution in [0, 0.1) is 16.7 Å². The van der Waals surface area contributed by atoms with Crippen LogP contribution in [0.4, 0.5) is 0 Å². The van der Waals surface area contributed by atoms with Gasteiger partial charge in [0.1, 0.15) is 0 Å². The standard InChI is InChI=1S/C7H12N2O3S/c8-3-4-13(11,12)9-5-7(6-10)1-2-7/h9-10H,1-2,4-6H2. The maximum atomic E-state index is 11.0. The minimum atomic E-state index is -3.46. The largest absolute Gasteiger partial charge is 0.396 e. The lowest BCUT2D eigenvalue weighted by molar-refractivity contribution is 0.213. The molecule has 1 rings (SSSR count). The number of aliphatic hydroxyl groups is 1. The van der Waals surface area contributed by atoms with E-state index in [4.69, 9.17) is 10.4 Å². The van der Waals surface area contributed by atoms with Gasteiger partial charge in [0, 0.05) is 18.6 Å². The number of rotatable bonds is 5. The zero-order chi connectivity index (χ0) is 9.95. The third-order valence-corrected chi connectivity index (χ3v) is 3.31. The van der Waals surface area contributed by atoms with E-state index in [1.165, 1.54) is 0 Å². The van der Waals surface area contributed by atoms with Crippen LogP contribution >= 0.6 is 0 Å². The first-order valence-corrected chi connectivity index (χ1v) is 5.64. The molecule has 0 amide bonds. The molecule has 0 atom stereocenters. The molecule has 0 aromatic carbocycles. The molecule has 13 heavy (non-hydrogen) atoms. The smallest absolute Gasteiger partial charge is 0.225 e. The van der Waals surface area contributed by atoms with Gasteiger partial charge in [-0.05, 0) is 12.8 Å². The fraction of sp³-hybridized carbons (Fsp3) is 0.857. The van der Waals surface area contributed by atoms with Crippen molar-refractivity contribution in [2.75, 3.05) is 18.9 Å². The van der Waals surface area contributed by atoms with Crippen molar-refractivity contribution in [1.29, 1.82) is 5.26 Å². The molecule has 1 aliphatic carbocycles. The summed E-state index contributed by atoms with van der Waals surface area (Å²) in [6.07, 6.45) is 1.69. The molecule has 0 bridgehead atoms. The van der Waals surface area contributed by atoms with Gasteiger partial charge in [-0.1, -0.05) is 0 Å². The molecule has 5 nitrogen and oxygen atoms in total. The molecule has 0 heterocycles. The van der Waals surface area contributed by atoms with Crippen molar-refractivity contribution in [3.63, 3.8) is 0 Å². The first-order chi connectivity index (χ1) is 6.04. The van der Waals surface area contributed by atoms with Gasteiger partial charge < -0.3 is 5.11 Å². The van der Waals surface area contributed by atoms with Gasteiger partial charge in [0.25, 0.3) is 0 Å². The molecule has 0 aliphatic heterocycles. The fourth-order valence-corrected chi connectivity index (χ4v) is 1.76. The highest BCUT2D eigenvalue weighted by molar-refractivity contribution is 7.89. The van der Waals surface area contributed by atoms with E-state index in [0.29, 0.717) is 0 Å². The number of sulfonamides is 1. The zero-order valence-electron chi connectivity index (χ0n) is 7.15. The Morgan fingerprint density at radius 3 is 2.54 bits per heavy atom. The third-order valence-electron chi connectivity index (χ3n) is 2.21. The highest BCUT2D eigenvalue weighted by atomic mass is 32.2. The van der Waals surface area contributed by atoms with E-state index in [1.54, 1.807) is 6.07 Å². The molecule has 1 fully saturated rings. The number of nitriles is 1. The quantitative estimate of drug-likeness (QED) is 0.613. The number of hydrogen-bond acceptors (Lipinski definition) is 4. The van der Waals surface area contributed by atoms with E-state index < -0.39 is 15.8 Å². The second-order valence-electron chi connectivity index (χ2n) is 3.40. The summed E-state index contributed by atoms with van der Waals surface area (Å²) in [7, 11) is -3.46. The maximum Gasteiger partial charge on any atom is 0.225 e. The van der Waals surface area contributed by atoms with Gasteiger partial charge in [0.2, 0.25) is 10.0 Å². The van der Waals surface area contributed by atoms with E-state index in [2.05, 4.69) is 4.72 Å². The summed E-state index contributed by atoms with van der Waals surface area (Å²) >= 11 is 0. The number of nitrogens with one attached hydrogen (secondary N) is 1. The normalized spacial score (nSPS) is 19.4. The first-order valence-electron chi connectivity index (χ1n) is 3.99. The van der Waals surface area contributed by atoms with Crippen molar-refractivity contribution in [2.45, 2.75) is 12.8 Å². The van der Waals surface area contributed by atoms with E-state index in [-0.39, 0.29) is 18.6 Å². The Labute approximate surface area is 77.4 Å². The molecule has 74 valence electrons. The lowest BCUT2D eigenvalue weighted by Gasteiger charge is -2.11. The van der Waals surface area contributed by atoms with Gasteiger partial charge in [0.05, 0.1) is 6.07 Å². The summed E-state index contributed by atoms with van der Waals surface area (Å²) in [6.45, 7) is 0.246. The minimum absolute atomic E-state index is 0.00206. The van der Waals surface area contributed by atoms with Crippen molar-refractivity contribution >= 4 is 10.0 Å². The van der Waals surface area contributed by atoms with E-state index >= 15 is 0 Å². The number of aliphatic hydroxyl groups excluding tert-OH is 1. The SMILES string of the molecule is N#CCS(=O)(=O)NCC1(CO)CC1. The summed E-state index contributed by atoms with van der Waals surface area (Å²) in [4.78, 5) is 0. The molecule has 1 saturated carbocycles. The topological polar surface area (TPSA) is 90.2 Å².